The van der Waals surface area contributed by atoms with Crippen molar-refractivity contribution in [3.05, 3.63) is 54.4 Å². The molecule has 0 fully saturated rings. The molecule has 0 aliphatic heterocycles. The van der Waals surface area contributed by atoms with Crippen molar-refractivity contribution in [3.63, 3.8) is 0 Å². The van der Waals surface area contributed by atoms with Crippen LogP contribution in [0.15, 0.2) is 48.8 Å². The van der Waals surface area contributed by atoms with Crippen molar-refractivity contribution >= 4 is 10.0 Å². The quantitative estimate of drug-likeness (QED) is 0.798. The Morgan fingerprint density at radius 2 is 1.86 bits per heavy atom. The SMILES string of the molecule is COc1ccc(OCCS(=O)(=O)NCc2cccnc2)cc1. The Kier molecular flexibility index (Phi) is 5.74. The van der Waals surface area contributed by atoms with Crippen LogP contribution in [0.4, 0.5) is 0 Å². The Morgan fingerprint density at radius 1 is 1.14 bits per heavy atom. The lowest BCUT2D eigenvalue weighted by molar-refractivity contribution is 0.339. The van der Waals surface area contributed by atoms with E-state index in [-0.39, 0.29) is 18.9 Å². The summed E-state index contributed by atoms with van der Waals surface area (Å²) in [6.45, 7) is 0.299. The lowest BCUT2D eigenvalue weighted by Crippen LogP contribution is -2.28. The lowest BCUT2D eigenvalue weighted by atomic mass is 10.3. The van der Waals surface area contributed by atoms with Crippen LogP contribution in [0.5, 0.6) is 11.5 Å². The highest BCUT2D eigenvalue weighted by Crippen LogP contribution is 2.16. The third-order valence-electron chi connectivity index (χ3n) is 2.90. The van der Waals surface area contributed by atoms with Gasteiger partial charge in [-0.05, 0) is 35.9 Å². The van der Waals surface area contributed by atoms with E-state index >= 15 is 0 Å². The van der Waals surface area contributed by atoms with Gasteiger partial charge in [0, 0.05) is 18.9 Å². The van der Waals surface area contributed by atoms with Gasteiger partial charge in [-0.15, -0.1) is 0 Å². The van der Waals surface area contributed by atoms with Crippen molar-refractivity contribution in [2.45, 2.75) is 6.54 Å². The molecule has 1 heterocycles. The van der Waals surface area contributed by atoms with Crippen LogP contribution in [0.25, 0.3) is 0 Å². The molecule has 0 bridgehead atoms. The molecule has 0 aliphatic rings. The zero-order valence-electron chi connectivity index (χ0n) is 12.2. The Morgan fingerprint density at radius 3 is 2.50 bits per heavy atom. The van der Waals surface area contributed by atoms with Crippen molar-refractivity contribution < 1.29 is 17.9 Å². The maximum absolute atomic E-state index is 11.9. The second kappa shape index (κ2) is 7.77. The molecule has 118 valence electrons. The van der Waals surface area contributed by atoms with E-state index in [2.05, 4.69) is 9.71 Å². The summed E-state index contributed by atoms with van der Waals surface area (Å²) >= 11 is 0. The minimum atomic E-state index is -3.39. The molecule has 0 amide bonds. The summed E-state index contributed by atoms with van der Waals surface area (Å²) in [5.41, 5.74) is 0.808. The standard InChI is InChI=1S/C15H18N2O4S/c1-20-14-4-6-15(7-5-14)21-9-10-22(18,19)17-12-13-3-2-8-16-11-13/h2-8,11,17H,9-10,12H2,1H3. The number of pyridine rings is 1. The number of sulfonamides is 1. The zero-order valence-corrected chi connectivity index (χ0v) is 13.0. The van der Waals surface area contributed by atoms with Gasteiger partial charge in [0.1, 0.15) is 18.1 Å². The summed E-state index contributed by atoms with van der Waals surface area (Å²) in [6, 6.07) is 10.5. The van der Waals surface area contributed by atoms with Gasteiger partial charge in [0.15, 0.2) is 0 Å². The van der Waals surface area contributed by atoms with Crippen LogP contribution < -0.4 is 14.2 Å². The maximum atomic E-state index is 11.9. The number of aromatic nitrogens is 1. The van der Waals surface area contributed by atoms with Gasteiger partial charge in [0.2, 0.25) is 10.0 Å². The highest BCUT2D eigenvalue weighted by Gasteiger charge is 2.10. The molecular formula is C15H18N2O4S. The van der Waals surface area contributed by atoms with Crippen molar-refractivity contribution in [1.29, 1.82) is 0 Å². The summed E-state index contributed by atoms with van der Waals surface area (Å²) in [4.78, 5) is 3.93. The predicted octanol–water partition coefficient (Wildman–Crippen LogP) is 1.59. The third-order valence-corrected chi connectivity index (χ3v) is 4.19. The van der Waals surface area contributed by atoms with Crippen molar-refractivity contribution in [1.82, 2.24) is 9.71 Å². The molecule has 6 nitrogen and oxygen atoms in total. The van der Waals surface area contributed by atoms with Gasteiger partial charge < -0.3 is 9.47 Å². The molecule has 0 unspecified atom stereocenters. The van der Waals surface area contributed by atoms with E-state index in [1.54, 1.807) is 49.8 Å². The molecule has 0 saturated carbocycles. The molecule has 0 aliphatic carbocycles. The van der Waals surface area contributed by atoms with Crippen LogP contribution in [0.2, 0.25) is 0 Å². The summed E-state index contributed by atoms with van der Waals surface area (Å²) < 4.78 is 36.7. The number of nitrogens with zero attached hydrogens (tertiary/aromatic N) is 1. The molecule has 7 heteroatoms. The largest absolute Gasteiger partial charge is 0.497 e. The molecule has 0 saturated heterocycles. The van der Waals surface area contributed by atoms with Gasteiger partial charge in [-0.3, -0.25) is 4.98 Å². The number of benzene rings is 1. The first-order valence-corrected chi connectivity index (χ1v) is 8.37. The number of methoxy groups -OCH3 is 1. The fourth-order valence-electron chi connectivity index (χ4n) is 1.71. The molecule has 1 aromatic carbocycles. The minimum absolute atomic E-state index is 0.0781. The van der Waals surface area contributed by atoms with Crippen LogP contribution in [-0.2, 0) is 16.6 Å². The van der Waals surface area contributed by atoms with E-state index in [1.807, 2.05) is 6.07 Å². The fraction of sp³-hybridized carbons (Fsp3) is 0.267. The second-order valence-corrected chi connectivity index (χ2v) is 6.45. The second-order valence-electron chi connectivity index (χ2n) is 4.53. The number of rotatable bonds is 8. The van der Waals surface area contributed by atoms with Crippen LogP contribution in [0.1, 0.15) is 5.56 Å². The lowest BCUT2D eigenvalue weighted by Gasteiger charge is -2.09. The number of hydrogen-bond acceptors (Lipinski definition) is 5. The van der Waals surface area contributed by atoms with Crippen LogP contribution in [0, 0.1) is 0 Å². The molecular weight excluding hydrogens is 304 g/mol. The van der Waals surface area contributed by atoms with Crippen molar-refractivity contribution in [2.75, 3.05) is 19.5 Å². The maximum Gasteiger partial charge on any atom is 0.215 e. The highest BCUT2D eigenvalue weighted by molar-refractivity contribution is 7.89. The van der Waals surface area contributed by atoms with E-state index < -0.39 is 10.0 Å². The Hall–Kier alpha value is -2.12. The van der Waals surface area contributed by atoms with Crippen LogP contribution >= 0.6 is 0 Å². The number of nitrogens with one attached hydrogen (secondary N) is 1. The fourth-order valence-corrected chi connectivity index (χ4v) is 2.54. The monoisotopic (exact) mass is 322 g/mol. The molecule has 2 aromatic rings. The topological polar surface area (TPSA) is 77.5 Å². The first-order valence-electron chi connectivity index (χ1n) is 6.72. The summed E-state index contributed by atoms with van der Waals surface area (Å²) in [5, 5.41) is 0. The first-order chi connectivity index (χ1) is 10.6. The smallest absolute Gasteiger partial charge is 0.215 e. The molecule has 1 aromatic heterocycles. The van der Waals surface area contributed by atoms with E-state index in [0.29, 0.717) is 5.75 Å². The van der Waals surface area contributed by atoms with Gasteiger partial charge in [-0.25, -0.2) is 13.1 Å². The molecule has 0 spiro atoms. The Balaban J connectivity index is 1.77. The summed E-state index contributed by atoms with van der Waals surface area (Å²) in [7, 11) is -1.81. The zero-order chi connectivity index (χ0) is 15.8. The molecule has 2 rings (SSSR count). The highest BCUT2D eigenvalue weighted by atomic mass is 32.2. The third kappa shape index (κ3) is 5.34. The Bertz CT molecular complexity index is 672. The van der Waals surface area contributed by atoms with Gasteiger partial charge in [-0.2, -0.15) is 0 Å². The van der Waals surface area contributed by atoms with Gasteiger partial charge in [-0.1, -0.05) is 6.07 Å². The minimum Gasteiger partial charge on any atom is -0.497 e. The van der Waals surface area contributed by atoms with Crippen LogP contribution in [0.3, 0.4) is 0 Å². The molecule has 1 N–H and O–H groups in total. The van der Waals surface area contributed by atoms with E-state index in [9.17, 15) is 8.42 Å². The first kappa shape index (κ1) is 16.3. The van der Waals surface area contributed by atoms with E-state index in [0.717, 1.165) is 11.3 Å². The van der Waals surface area contributed by atoms with Gasteiger partial charge in [0.25, 0.3) is 0 Å². The Labute approximate surface area is 130 Å². The van der Waals surface area contributed by atoms with Crippen LogP contribution in [-0.4, -0.2) is 32.9 Å². The van der Waals surface area contributed by atoms with Gasteiger partial charge >= 0.3 is 0 Å². The van der Waals surface area contributed by atoms with E-state index in [4.69, 9.17) is 9.47 Å². The van der Waals surface area contributed by atoms with Crippen molar-refractivity contribution in [2.24, 2.45) is 0 Å². The normalized spacial score (nSPS) is 11.1. The summed E-state index contributed by atoms with van der Waals surface area (Å²) in [6.07, 6.45) is 3.26. The predicted molar refractivity (Wildman–Crippen MR) is 83.4 cm³/mol. The van der Waals surface area contributed by atoms with Gasteiger partial charge in [0.05, 0.1) is 12.9 Å². The molecule has 0 radical (unpaired) electrons. The average molecular weight is 322 g/mol. The number of hydrogen-bond donors (Lipinski definition) is 1. The van der Waals surface area contributed by atoms with E-state index in [1.165, 1.54) is 0 Å². The van der Waals surface area contributed by atoms with Crippen molar-refractivity contribution in [3.8, 4) is 11.5 Å². The molecule has 22 heavy (non-hydrogen) atoms. The summed E-state index contributed by atoms with van der Waals surface area (Å²) in [5.74, 6) is 1.21. The average Bonchev–Trinajstić information content (AvgIpc) is 2.55. The molecule has 0 atom stereocenters. The number of ether oxygens (including phenoxy) is 2.